The molecule has 0 atom stereocenters. The Hall–Kier alpha value is -2.04. The Labute approximate surface area is 123 Å². The lowest BCUT2D eigenvalue weighted by molar-refractivity contribution is -0.144. The first-order valence-electron chi connectivity index (χ1n) is 5.49. The van der Waals surface area contributed by atoms with Crippen molar-refractivity contribution in [2.45, 2.75) is 12.4 Å². The van der Waals surface area contributed by atoms with E-state index in [-0.39, 0.29) is 5.95 Å². The average molecular weight is 346 g/mol. The molecule has 0 aliphatic heterocycles. The monoisotopic (exact) mass is 345 g/mol. The predicted molar refractivity (Wildman–Crippen MR) is 63.7 cm³/mol. The maximum absolute atomic E-state index is 12.6. The highest BCUT2D eigenvalue weighted by molar-refractivity contribution is 6.32. The van der Waals surface area contributed by atoms with Gasteiger partial charge in [-0.25, -0.2) is 4.98 Å². The van der Waals surface area contributed by atoms with Crippen molar-refractivity contribution in [2.75, 3.05) is 12.4 Å². The number of hydrogen-bond acceptors (Lipinski definition) is 4. The molecular weight excluding hydrogens is 340 g/mol. The highest BCUT2D eigenvalue weighted by atomic mass is 35.5. The molecule has 0 bridgehead atoms. The van der Waals surface area contributed by atoms with Crippen LogP contribution in [-0.4, -0.2) is 26.8 Å². The van der Waals surface area contributed by atoms with Crippen LogP contribution in [0.3, 0.4) is 0 Å². The van der Waals surface area contributed by atoms with Gasteiger partial charge in [0.05, 0.1) is 10.6 Å². The van der Waals surface area contributed by atoms with Gasteiger partial charge in [0.25, 0.3) is 5.82 Å². The Bertz CT molecular complexity index is 692. The van der Waals surface area contributed by atoms with Crippen molar-refractivity contribution in [3.8, 4) is 5.82 Å². The highest BCUT2D eigenvalue weighted by Crippen LogP contribution is 2.33. The fourth-order valence-corrected chi connectivity index (χ4v) is 1.73. The maximum Gasteiger partial charge on any atom is 0.453 e. The van der Waals surface area contributed by atoms with Gasteiger partial charge in [0, 0.05) is 13.2 Å². The summed E-state index contributed by atoms with van der Waals surface area (Å²) in [5.74, 6) is -2.27. The van der Waals surface area contributed by atoms with Crippen LogP contribution in [0.25, 0.3) is 5.82 Å². The van der Waals surface area contributed by atoms with Crippen molar-refractivity contribution in [3.05, 3.63) is 28.7 Å². The molecule has 0 aliphatic rings. The van der Waals surface area contributed by atoms with Crippen LogP contribution in [0, 0.1) is 0 Å². The Balaban J connectivity index is 2.55. The van der Waals surface area contributed by atoms with Crippen molar-refractivity contribution < 1.29 is 26.3 Å². The van der Waals surface area contributed by atoms with E-state index in [0.29, 0.717) is 16.9 Å². The summed E-state index contributed by atoms with van der Waals surface area (Å²) in [7, 11) is 1.26. The van der Waals surface area contributed by atoms with Crippen LogP contribution in [0.4, 0.5) is 32.3 Å². The van der Waals surface area contributed by atoms with Gasteiger partial charge < -0.3 is 5.32 Å². The molecule has 2 aromatic heterocycles. The quantitative estimate of drug-likeness (QED) is 0.848. The van der Waals surface area contributed by atoms with E-state index in [1.807, 2.05) is 0 Å². The Morgan fingerprint density at radius 3 is 2.23 bits per heavy atom. The van der Waals surface area contributed by atoms with Crippen LogP contribution in [0.5, 0.6) is 0 Å². The van der Waals surface area contributed by atoms with Crippen molar-refractivity contribution in [1.29, 1.82) is 0 Å². The largest absolute Gasteiger partial charge is 0.453 e. The van der Waals surface area contributed by atoms with Crippen molar-refractivity contribution >= 4 is 17.5 Å². The molecule has 22 heavy (non-hydrogen) atoms. The number of aromatic nitrogens is 4. The SMILES string of the molecule is CNc1nc(C(F)(F)F)nn1-c1ncc(C(F)(F)F)cc1Cl. The third-order valence-corrected chi connectivity index (χ3v) is 2.71. The topological polar surface area (TPSA) is 55.6 Å². The number of pyridine rings is 1. The molecule has 0 unspecified atom stereocenters. The number of anilines is 1. The van der Waals surface area contributed by atoms with E-state index in [9.17, 15) is 26.3 Å². The molecule has 0 aromatic carbocycles. The molecule has 12 heteroatoms. The van der Waals surface area contributed by atoms with Crippen LogP contribution in [0.15, 0.2) is 12.3 Å². The molecule has 120 valence electrons. The summed E-state index contributed by atoms with van der Waals surface area (Å²) in [5, 5.41) is 4.97. The molecule has 0 amide bonds. The van der Waals surface area contributed by atoms with Crippen LogP contribution < -0.4 is 5.32 Å². The molecule has 5 nitrogen and oxygen atoms in total. The van der Waals surface area contributed by atoms with E-state index in [2.05, 4.69) is 20.4 Å². The summed E-state index contributed by atoms with van der Waals surface area (Å²) in [6.07, 6.45) is -9.06. The maximum atomic E-state index is 12.6. The van der Waals surface area contributed by atoms with E-state index in [1.54, 1.807) is 0 Å². The number of hydrogen-bond donors (Lipinski definition) is 1. The third kappa shape index (κ3) is 3.08. The molecule has 0 fully saturated rings. The van der Waals surface area contributed by atoms with E-state index >= 15 is 0 Å². The van der Waals surface area contributed by atoms with Crippen LogP contribution in [-0.2, 0) is 12.4 Å². The van der Waals surface area contributed by atoms with E-state index in [1.165, 1.54) is 7.05 Å². The molecule has 2 heterocycles. The molecule has 0 saturated heterocycles. The van der Waals surface area contributed by atoms with Crippen LogP contribution in [0.2, 0.25) is 5.02 Å². The fraction of sp³-hybridized carbons (Fsp3) is 0.300. The van der Waals surface area contributed by atoms with E-state index in [0.717, 1.165) is 0 Å². The molecule has 0 saturated carbocycles. The van der Waals surface area contributed by atoms with Gasteiger partial charge in [-0.2, -0.15) is 36.0 Å². The van der Waals surface area contributed by atoms with Gasteiger partial charge in [-0.1, -0.05) is 11.6 Å². The predicted octanol–water partition coefficient (Wildman–Crippen LogP) is 3.40. The first-order valence-corrected chi connectivity index (χ1v) is 5.87. The zero-order valence-corrected chi connectivity index (χ0v) is 11.3. The minimum Gasteiger partial charge on any atom is -0.357 e. The lowest BCUT2D eigenvalue weighted by Crippen LogP contribution is -2.11. The highest BCUT2D eigenvalue weighted by Gasteiger charge is 2.38. The molecule has 0 spiro atoms. The number of halogens is 7. The summed E-state index contributed by atoms with van der Waals surface area (Å²) in [6, 6.07) is 0.540. The average Bonchev–Trinajstić information content (AvgIpc) is 2.81. The van der Waals surface area contributed by atoms with Crippen molar-refractivity contribution in [2.24, 2.45) is 0 Å². The van der Waals surface area contributed by atoms with Gasteiger partial charge in [-0.15, -0.1) is 5.10 Å². The molecule has 2 aromatic rings. The zero-order valence-electron chi connectivity index (χ0n) is 10.6. The van der Waals surface area contributed by atoms with E-state index < -0.39 is 34.6 Å². The number of rotatable bonds is 2. The second-order valence-electron chi connectivity index (χ2n) is 3.95. The third-order valence-electron chi connectivity index (χ3n) is 2.43. The smallest absolute Gasteiger partial charge is 0.357 e. The Morgan fingerprint density at radius 1 is 1.14 bits per heavy atom. The minimum atomic E-state index is -4.82. The molecular formula is C10H6ClF6N5. The van der Waals surface area contributed by atoms with Crippen molar-refractivity contribution in [3.63, 3.8) is 0 Å². The summed E-state index contributed by atoms with van der Waals surface area (Å²) in [6.45, 7) is 0. The lowest BCUT2D eigenvalue weighted by Gasteiger charge is -2.10. The second-order valence-corrected chi connectivity index (χ2v) is 4.35. The summed E-state index contributed by atoms with van der Waals surface area (Å²) < 4.78 is 75.9. The van der Waals surface area contributed by atoms with Gasteiger partial charge in [0.2, 0.25) is 5.95 Å². The zero-order chi connectivity index (χ0) is 16.7. The lowest BCUT2D eigenvalue weighted by atomic mass is 10.3. The first kappa shape index (κ1) is 16.3. The fourth-order valence-electron chi connectivity index (χ4n) is 1.48. The van der Waals surface area contributed by atoms with E-state index in [4.69, 9.17) is 11.6 Å². The molecule has 1 N–H and O–H groups in total. The van der Waals surface area contributed by atoms with Gasteiger partial charge in [0.1, 0.15) is 0 Å². The van der Waals surface area contributed by atoms with Gasteiger partial charge >= 0.3 is 12.4 Å². The Kier molecular flexibility index (Phi) is 3.94. The summed E-state index contributed by atoms with van der Waals surface area (Å²) in [4.78, 5) is 6.60. The molecule has 0 aliphatic carbocycles. The Morgan fingerprint density at radius 2 is 1.77 bits per heavy atom. The number of nitrogens with zero attached hydrogens (tertiary/aromatic N) is 4. The second kappa shape index (κ2) is 5.30. The van der Waals surface area contributed by atoms with Crippen molar-refractivity contribution in [1.82, 2.24) is 19.7 Å². The summed E-state index contributed by atoms with van der Waals surface area (Å²) in [5.41, 5.74) is -1.14. The standard InChI is InChI=1S/C10H6ClF6N5/c1-18-8-20-7(10(15,16)17)21-22(8)6-5(11)2-4(3-19-6)9(12,13)14/h2-3H,1H3,(H,18,20,21). The molecule has 2 rings (SSSR count). The van der Waals surface area contributed by atoms with Gasteiger partial charge in [-0.05, 0) is 6.07 Å². The number of nitrogens with one attached hydrogen (secondary N) is 1. The number of alkyl halides is 6. The summed E-state index contributed by atoms with van der Waals surface area (Å²) >= 11 is 5.66. The normalized spacial score (nSPS) is 12.5. The molecule has 0 radical (unpaired) electrons. The minimum absolute atomic E-state index is 0.374. The van der Waals surface area contributed by atoms with Gasteiger partial charge in [-0.3, -0.25) is 0 Å². The van der Waals surface area contributed by atoms with Crippen LogP contribution >= 0.6 is 11.6 Å². The first-order chi connectivity index (χ1) is 10.0. The van der Waals surface area contributed by atoms with Crippen LogP contribution in [0.1, 0.15) is 11.4 Å². The van der Waals surface area contributed by atoms with Gasteiger partial charge in [0.15, 0.2) is 5.82 Å².